The first-order valence-electron chi connectivity index (χ1n) is 12.2. The van der Waals surface area contributed by atoms with Gasteiger partial charge in [-0.25, -0.2) is 15.0 Å². The number of nitrogens with zero attached hydrogens (tertiary/aromatic N) is 4. The van der Waals surface area contributed by atoms with Crippen LogP contribution in [0.2, 0.25) is 0 Å². The predicted octanol–water partition coefficient (Wildman–Crippen LogP) is 5.02. The number of nitrogens with one attached hydrogen (secondary N) is 1. The maximum Gasteiger partial charge on any atom is 0.422 e. The van der Waals surface area contributed by atoms with Crippen LogP contribution in [0.4, 0.5) is 18.9 Å². The standard InChI is InChI=1S/C18H19F3N4O.C8H15NO/c1-12-15(5-6-25(12)16-9-22-13(2)23-10-16)7-14-3-4-17(24-8-14)26-11-18(19,20)21;1-3-8(4-2)5-6-9-7(8)10/h3-4,8-10,15H,1,5-7,11H2,2H3;3-6H2,1-2H3,(H,9,10)/t15-;/m0./s1. The van der Waals surface area contributed by atoms with Gasteiger partial charge in [0.2, 0.25) is 11.8 Å². The zero-order valence-electron chi connectivity index (χ0n) is 21.1. The smallest absolute Gasteiger partial charge is 0.422 e. The van der Waals surface area contributed by atoms with Gasteiger partial charge in [0.25, 0.3) is 0 Å². The molecule has 2 aliphatic heterocycles. The molecule has 1 atom stereocenters. The highest BCUT2D eigenvalue weighted by molar-refractivity contribution is 5.84. The quantitative estimate of drug-likeness (QED) is 0.570. The maximum absolute atomic E-state index is 12.2. The normalized spacial score (nSPS) is 19.1. The second kappa shape index (κ2) is 11.7. The Morgan fingerprint density at radius 3 is 2.36 bits per heavy atom. The van der Waals surface area contributed by atoms with Crippen LogP contribution < -0.4 is 15.0 Å². The number of halogens is 3. The summed E-state index contributed by atoms with van der Waals surface area (Å²) in [5, 5.41) is 2.87. The number of hydrogen-bond acceptors (Lipinski definition) is 6. The van der Waals surface area contributed by atoms with Crippen molar-refractivity contribution in [2.24, 2.45) is 11.3 Å². The third-order valence-electron chi connectivity index (χ3n) is 6.99. The lowest BCUT2D eigenvalue weighted by Gasteiger charge is -2.21. The van der Waals surface area contributed by atoms with E-state index in [-0.39, 0.29) is 23.1 Å². The predicted molar refractivity (Wildman–Crippen MR) is 131 cm³/mol. The fourth-order valence-electron chi connectivity index (χ4n) is 4.55. The molecule has 0 spiro atoms. The van der Waals surface area contributed by atoms with E-state index in [9.17, 15) is 18.0 Å². The second-order valence-corrected chi connectivity index (χ2v) is 9.22. The van der Waals surface area contributed by atoms with Gasteiger partial charge >= 0.3 is 6.18 Å². The molecule has 2 aliphatic rings. The minimum Gasteiger partial charge on any atom is -0.468 e. The van der Waals surface area contributed by atoms with Gasteiger partial charge in [0.1, 0.15) is 5.82 Å². The van der Waals surface area contributed by atoms with Crippen LogP contribution in [0.3, 0.4) is 0 Å². The Bertz CT molecular complexity index is 1020. The number of rotatable bonds is 7. The summed E-state index contributed by atoms with van der Waals surface area (Å²) in [7, 11) is 0. The number of alkyl halides is 3. The molecule has 10 heteroatoms. The van der Waals surface area contributed by atoms with E-state index in [1.54, 1.807) is 24.7 Å². The van der Waals surface area contributed by atoms with Crippen LogP contribution in [0.1, 0.15) is 50.9 Å². The number of amides is 1. The van der Waals surface area contributed by atoms with Gasteiger partial charge in [-0.15, -0.1) is 0 Å². The Labute approximate surface area is 210 Å². The Morgan fingerprint density at radius 2 is 1.86 bits per heavy atom. The molecule has 4 rings (SSSR count). The Kier molecular flexibility index (Phi) is 8.92. The maximum atomic E-state index is 12.2. The van der Waals surface area contributed by atoms with E-state index in [0.29, 0.717) is 12.2 Å². The third-order valence-corrected chi connectivity index (χ3v) is 6.99. The minimum atomic E-state index is -4.37. The highest BCUT2D eigenvalue weighted by Gasteiger charge is 2.38. The summed E-state index contributed by atoms with van der Waals surface area (Å²) in [5.74, 6) is 1.18. The third kappa shape index (κ3) is 6.95. The molecule has 196 valence electrons. The average Bonchev–Trinajstić information content (AvgIpc) is 3.41. The number of carbonyl (C=O) groups is 1. The van der Waals surface area contributed by atoms with Gasteiger partial charge in [0.05, 0.1) is 23.5 Å². The Hall–Kier alpha value is -3.17. The highest BCUT2D eigenvalue weighted by Crippen LogP contribution is 2.34. The van der Waals surface area contributed by atoms with E-state index in [0.717, 1.165) is 55.7 Å². The van der Waals surface area contributed by atoms with Gasteiger partial charge in [-0.3, -0.25) is 4.79 Å². The molecule has 7 nitrogen and oxygen atoms in total. The van der Waals surface area contributed by atoms with E-state index in [2.05, 4.69) is 50.3 Å². The van der Waals surface area contributed by atoms with Crippen LogP contribution in [0.25, 0.3) is 0 Å². The molecule has 36 heavy (non-hydrogen) atoms. The summed E-state index contributed by atoms with van der Waals surface area (Å²) in [6.45, 7) is 10.6. The summed E-state index contributed by atoms with van der Waals surface area (Å²) >= 11 is 0. The average molecular weight is 506 g/mol. The minimum absolute atomic E-state index is 0.0139. The number of pyridine rings is 1. The zero-order chi connectivity index (χ0) is 26.3. The van der Waals surface area contributed by atoms with Crippen molar-refractivity contribution in [2.75, 3.05) is 24.6 Å². The molecular formula is C26H34F3N5O2. The zero-order valence-corrected chi connectivity index (χ0v) is 21.1. The van der Waals surface area contributed by atoms with Gasteiger partial charge in [0, 0.05) is 37.0 Å². The van der Waals surface area contributed by atoms with E-state index < -0.39 is 12.8 Å². The van der Waals surface area contributed by atoms with Crippen molar-refractivity contribution < 1.29 is 22.7 Å². The first kappa shape index (κ1) is 27.4. The van der Waals surface area contributed by atoms with E-state index in [4.69, 9.17) is 0 Å². The van der Waals surface area contributed by atoms with Crippen molar-refractivity contribution >= 4 is 11.6 Å². The van der Waals surface area contributed by atoms with Crippen molar-refractivity contribution in [3.8, 4) is 5.88 Å². The highest BCUT2D eigenvalue weighted by atomic mass is 19.4. The van der Waals surface area contributed by atoms with Crippen LogP contribution >= 0.6 is 0 Å². The molecule has 1 amide bonds. The SMILES string of the molecule is C=C1[C@H](Cc2ccc(OCC(F)(F)F)nc2)CCN1c1cnc(C)nc1.CCC1(CC)CCNC1=O. The van der Waals surface area contributed by atoms with Crippen LogP contribution in [-0.2, 0) is 11.2 Å². The summed E-state index contributed by atoms with van der Waals surface area (Å²) in [4.78, 5) is 25.7. The van der Waals surface area contributed by atoms with E-state index >= 15 is 0 Å². The summed E-state index contributed by atoms with van der Waals surface area (Å²) in [5.41, 5.74) is 2.81. The van der Waals surface area contributed by atoms with Crippen molar-refractivity contribution in [1.29, 1.82) is 0 Å². The molecule has 0 saturated carbocycles. The lowest BCUT2D eigenvalue weighted by Crippen LogP contribution is -2.29. The van der Waals surface area contributed by atoms with Gasteiger partial charge in [-0.05, 0) is 44.6 Å². The molecule has 4 heterocycles. The molecule has 2 fully saturated rings. The molecule has 0 aromatic carbocycles. The first-order chi connectivity index (χ1) is 17.1. The van der Waals surface area contributed by atoms with Gasteiger partial charge in [-0.1, -0.05) is 26.5 Å². The number of aromatic nitrogens is 3. The largest absolute Gasteiger partial charge is 0.468 e. The molecule has 2 saturated heterocycles. The van der Waals surface area contributed by atoms with Crippen molar-refractivity contribution in [3.63, 3.8) is 0 Å². The molecule has 0 unspecified atom stereocenters. The van der Waals surface area contributed by atoms with Crippen LogP contribution in [0.15, 0.2) is 43.0 Å². The second-order valence-electron chi connectivity index (χ2n) is 9.22. The lowest BCUT2D eigenvalue weighted by molar-refractivity contribution is -0.154. The fraction of sp³-hybridized carbons (Fsp3) is 0.538. The van der Waals surface area contributed by atoms with Gasteiger partial charge < -0.3 is 15.0 Å². The molecule has 0 radical (unpaired) electrons. The van der Waals surface area contributed by atoms with Crippen molar-refractivity contribution in [2.45, 2.75) is 59.1 Å². The van der Waals surface area contributed by atoms with Crippen molar-refractivity contribution in [3.05, 3.63) is 54.4 Å². The number of ether oxygens (including phenoxy) is 1. The van der Waals surface area contributed by atoms with Gasteiger partial charge in [0.15, 0.2) is 6.61 Å². The summed E-state index contributed by atoms with van der Waals surface area (Å²) in [6, 6.07) is 3.20. The monoisotopic (exact) mass is 505 g/mol. The molecular weight excluding hydrogens is 471 g/mol. The number of allylic oxidation sites excluding steroid dienone is 1. The molecule has 0 aliphatic carbocycles. The Balaban J connectivity index is 0.000000303. The molecule has 1 N–H and O–H groups in total. The van der Waals surface area contributed by atoms with E-state index in [1.807, 2.05) is 6.92 Å². The summed E-state index contributed by atoms with van der Waals surface area (Å²) < 4.78 is 41.1. The first-order valence-corrected chi connectivity index (χ1v) is 12.2. The van der Waals surface area contributed by atoms with Crippen LogP contribution in [0, 0.1) is 18.3 Å². The van der Waals surface area contributed by atoms with E-state index in [1.165, 1.54) is 6.07 Å². The van der Waals surface area contributed by atoms with Crippen LogP contribution in [0.5, 0.6) is 5.88 Å². The number of aryl methyl sites for hydroxylation is 1. The van der Waals surface area contributed by atoms with Crippen molar-refractivity contribution in [1.82, 2.24) is 20.3 Å². The fourth-order valence-corrected chi connectivity index (χ4v) is 4.55. The number of hydrogen-bond donors (Lipinski definition) is 1. The van der Waals surface area contributed by atoms with Gasteiger partial charge in [-0.2, -0.15) is 13.2 Å². The number of carbonyl (C=O) groups excluding carboxylic acids is 1. The molecule has 2 aromatic heterocycles. The summed E-state index contributed by atoms with van der Waals surface area (Å²) in [6.07, 6.45) is 5.38. The molecule has 0 bridgehead atoms. The Morgan fingerprint density at radius 1 is 1.17 bits per heavy atom. The van der Waals surface area contributed by atoms with Crippen LogP contribution in [-0.4, -0.2) is 46.7 Å². The molecule has 2 aromatic rings. The topological polar surface area (TPSA) is 80.2 Å². The number of anilines is 1. The lowest BCUT2D eigenvalue weighted by atomic mass is 9.81.